The van der Waals surface area contributed by atoms with Gasteiger partial charge in [-0.3, -0.25) is 19.2 Å². The number of ketones is 1. The molecule has 73 heavy (non-hydrogen) atoms. The van der Waals surface area contributed by atoms with Gasteiger partial charge in [0, 0.05) is 58.2 Å². The van der Waals surface area contributed by atoms with Crippen molar-refractivity contribution in [3.63, 3.8) is 0 Å². The third-order valence-electron chi connectivity index (χ3n) is 14.6. The normalized spacial score (nSPS) is 41.6. The molecule has 4 aliphatic rings. The van der Waals surface area contributed by atoms with Gasteiger partial charge in [-0.15, -0.1) is 0 Å². The Balaban J connectivity index is 1.62. The van der Waals surface area contributed by atoms with E-state index in [0.717, 1.165) is 0 Å². The first-order chi connectivity index (χ1) is 34.3. The summed E-state index contributed by atoms with van der Waals surface area (Å²) >= 11 is 0. The van der Waals surface area contributed by atoms with Crippen LogP contribution in [-0.4, -0.2) is 189 Å². The average Bonchev–Trinajstić information content (AvgIpc) is 3.30. The van der Waals surface area contributed by atoms with E-state index < -0.39 is 152 Å². The van der Waals surface area contributed by atoms with Crippen LogP contribution in [0.2, 0.25) is 0 Å². The molecule has 3 N–H and O–H groups in total. The van der Waals surface area contributed by atoms with E-state index in [1.807, 2.05) is 26.8 Å². The topological polar surface area (TPSA) is 251 Å². The number of aldehydes is 1. The Morgan fingerprint density at radius 2 is 1.55 bits per heavy atom. The number of esters is 3. The molecule has 4 rings (SSSR count). The maximum atomic E-state index is 13.9. The molecule has 3 fully saturated rings. The number of cyclic esters (lactones) is 1. The number of allylic oxidation sites excluding steroid dienone is 3. The van der Waals surface area contributed by atoms with E-state index in [9.17, 15) is 39.3 Å². The Kier molecular flexibility index (Phi) is 24.1. The molecule has 0 saturated carbocycles. The van der Waals surface area contributed by atoms with Gasteiger partial charge in [-0.25, -0.2) is 0 Å². The number of hydrogen-bond donors (Lipinski definition) is 3. The first-order valence-corrected chi connectivity index (χ1v) is 25.9. The van der Waals surface area contributed by atoms with Gasteiger partial charge in [-0.1, -0.05) is 52.3 Å². The zero-order valence-electron chi connectivity index (χ0n) is 45.7. The van der Waals surface area contributed by atoms with E-state index in [0.29, 0.717) is 18.3 Å². The SMILES string of the molecule is CC[C@H]1OC(=O)C[C@@H](O)[C@H](C)[C@@H](O[C@@H]2O[C@H](C)[C@@H](O[C@H]3C[C@@](C)(OC(=O)CC(C)C)[C@@H](OC(C)=O)[C@H](C)O3)[C@H](N(C)C)[C@H]2O)[C@@H](CC=O)C[C@@H](C)C(=O)/C=C/C(C)=C/C1CO[C@@H]1O[C@H](C)[C@@H](O)[C@@H](OC)[C@H]1OC. The lowest BCUT2D eigenvalue weighted by Gasteiger charge is -2.50. The van der Waals surface area contributed by atoms with Crippen molar-refractivity contribution >= 4 is 30.0 Å². The van der Waals surface area contributed by atoms with Crippen LogP contribution in [0.4, 0.5) is 0 Å². The standard InChI is InChI=1S/C53H87NO19/c1-16-39-36(26-65-52-49(64-15)48(63-14)44(61)31(7)67-52)22-28(4)17-18-37(57)29(5)23-35(19-20-55)46(30(6)38(58)24-40(59)70-39)72-51-45(62)43(54(12)13)47(32(8)68-51)71-42-25-53(11,73-41(60)21-27(2)3)50(33(9)66-42)69-34(10)56/h17-18,20,22,27,29-33,35-36,38-39,42-52,58,61-62H,16,19,21,23-26H2,1-15H3/b18-17+,28-22+/t29-,30+,31-,32-,33+,35+,36?,38-,39-,42+,43-,44-,45-,46-,47-,48-,49-,50+,51+,52-,53-/m1/s1. The predicted molar refractivity (Wildman–Crippen MR) is 263 cm³/mol. The summed E-state index contributed by atoms with van der Waals surface area (Å²) in [7, 11) is 6.42. The highest BCUT2D eigenvalue weighted by Crippen LogP contribution is 2.40. The number of hydrogen-bond acceptors (Lipinski definition) is 20. The highest BCUT2D eigenvalue weighted by molar-refractivity contribution is 5.91. The van der Waals surface area contributed by atoms with Gasteiger partial charge in [0.15, 0.2) is 36.4 Å². The van der Waals surface area contributed by atoms with Crippen LogP contribution in [-0.2, 0) is 76.1 Å². The Morgan fingerprint density at radius 3 is 2.14 bits per heavy atom. The minimum Gasteiger partial charge on any atom is -0.462 e. The van der Waals surface area contributed by atoms with E-state index in [2.05, 4.69) is 0 Å². The lowest BCUT2D eigenvalue weighted by atomic mass is 9.79. The Hall–Kier alpha value is -3.25. The highest BCUT2D eigenvalue weighted by Gasteiger charge is 2.54. The Bertz CT molecular complexity index is 1860. The molecule has 0 amide bonds. The molecule has 418 valence electrons. The third-order valence-corrected chi connectivity index (χ3v) is 14.6. The quantitative estimate of drug-likeness (QED) is 0.106. The van der Waals surface area contributed by atoms with Crippen molar-refractivity contribution in [3.8, 4) is 0 Å². The van der Waals surface area contributed by atoms with Crippen molar-refractivity contribution in [2.24, 2.45) is 29.6 Å². The van der Waals surface area contributed by atoms with E-state index in [4.69, 9.17) is 52.1 Å². The summed E-state index contributed by atoms with van der Waals surface area (Å²) in [6.45, 7) is 18.9. The summed E-state index contributed by atoms with van der Waals surface area (Å²) in [6, 6.07) is -0.814. The molecule has 3 saturated heterocycles. The summed E-state index contributed by atoms with van der Waals surface area (Å²) in [5.74, 6) is -4.77. The van der Waals surface area contributed by atoms with E-state index >= 15 is 0 Å². The predicted octanol–water partition coefficient (Wildman–Crippen LogP) is 4.00. The van der Waals surface area contributed by atoms with Crippen LogP contribution in [0.5, 0.6) is 0 Å². The maximum absolute atomic E-state index is 13.9. The largest absolute Gasteiger partial charge is 0.462 e. The molecular formula is C53H87NO19. The van der Waals surface area contributed by atoms with E-state index in [-0.39, 0.29) is 44.0 Å². The van der Waals surface area contributed by atoms with Gasteiger partial charge in [0.2, 0.25) is 0 Å². The molecule has 0 aliphatic carbocycles. The zero-order chi connectivity index (χ0) is 54.6. The molecule has 0 spiro atoms. The number of carbonyl (C=O) groups excluding carboxylic acids is 5. The van der Waals surface area contributed by atoms with Crippen LogP contribution < -0.4 is 0 Å². The van der Waals surface area contributed by atoms with Gasteiger partial charge in [-0.2, -0.15) is 0 Å². The van der Waals surface area contributed by atoms with Crippen molar-refractivity contribution < 1.29 is 91.4 Å². The molecule has 0 aromatic rings. The second-order valence-corrected chi connectivity index (χ2v) is 21.4. The van der Waals surface area contributed by atoms with Crippen molar-refractivity contribution in [1.29, 1.82) is 0 Å². The molecule has 1 unspecified atom stereocenters. The van der Waals surface area contributed by atoms with Gasteiger partial charge in [-0.05, 0) is 79.5 Å². The lowest BCUT2D eigenvalue weighted by molar-refractivity contribution is -0.342. The number of methoxy groups -OCH3 is 2. The molecule has 0 radical (unpaired) electrons. The monoisotopic (exact) mass is 1040 g/mol. The fraction of sp³-hybridized carbons (Fsp3) is 0.830. The average molecular weight is 1040 g/mol. The Morgan fingerprint density at radius 1 is 0.890 bits per heavy atom. The number of rotatable bonds is 17. The number of carbonyl (C=O) groups is 5. The first-order valence-electron chi connectivity index (χ1n) is 25.9. The Labute approximate surface area is 432 Å². The second kappa shape index (κ2) is 28.2. The van der Waals surface area contributed by atoms with Crippen LogP contribution in [0.3, 0.4) is 0 Å². The molecule has 4 heterocycles. The van der Waals surface area contributed by atoms with Crippen LogP contribution in [0.25, 0.3) is 0 Å². The smallest absolute Gasteiger partial charge is 0.308 e. The van der Waals surface area contributed by atoms with Crippen LogP contribution >= 0.6 is 0 Å². The summed E-state index contributed by atoms with van der Waals surface area (Å²) in [5, 5.41) is 34.9. The highest BCUT2D eigenvalue weighted by atomic mass is 16.7. The number of aliphatic hydroxyl groups excluding tert-OH is 3. The number of nitrogens with zero attached hydrogens (tertiary/aromatic N) is 1. The van der Waals surface area contributed by atoms with E-state index in [1.165, 1.54) is 27.2 Å². The fourth-order valence-electron chi connectivity index (χ4n) is 10.6. The number of ether oxygens (including phenoxy) is 11. The number of aliphatic hydroxyl groups is 3. The maximum Gasteiger partial charge on any atom is 0.308 e. The molecule has 4 aliphatic heterocycles. The molecular weight excluding hydrogens is 955 g/mol. The zero-order valence-corrected chi connectivity index (χ0v) is 45.7. The number of likely N-dealkylation sites (N-methyl/N-ethyl adjacent to an activating group) is 1. The molecule has 21 atom stereocenters. The van der Waals surface area contributed by atoms with Crippen molar-refractivity contribution in [3.05, 3.63) is 23.8 Å². The van der Waals surface area contributed by atoms with Crippen LogP contribution in [0.1, 0.15) is 115 Å². The summed E-state index contributed by atoms with van der Waals surface area (Å²) in [6.07, 6.45) is -8.77. The van der Waals surface area contributed by atoms with Crippen molar-refractivity contribution in [2.45, 2.75) is 218 Å². The molecule has 20 nitrogen and oxygen atoms in total. The molecule has 0 bridgehead atoms. The first kappa shape index (κ1) is 62.3. The third kappa shape index (κ3) is 16.6. The van der Waals surface area contributed by atoms with Crippen molar-refractivity contribution in [1.82, 2.24) is 4.90 Å². The summed E-state index contributed by atoms with van der Waals surface area (Å²) < 4.78 is 67.3. The molecule has 0 aromatic heterocycles. The van der Waals surface area contributed by atoms with Gasteiger partial charge in [0.05, 0.1) is 49.6 Å². The van der Waals surface area contributed by atoms with Gasteiger partial charge >= 0.3 is 17.9 Å². The van der Waals surface area contributed by atoms with Gasteiger partial charge < -0.3 is 77.1 Å². The van der Waals surface area contributed by atoms with Crippen LogP contribution in [0.15, 0.2) is 23.8 Å². The minimum absolute atomic E-state index is 0.00931. The minimum atomic E-state index is -1.42. The molecule has 0 aromatic carbocycles. The fourth-order valence-corrected chi connectivity index (χ4v) is 10.6. The summed E-state index contributed by atoms with van der Waals surface area (Å²) in [5.41, 5.74) is -0.667. The summed E-state index contributed by atoms with van der Waals surface area (Å²) in [4.78, 5) is 67.2. The van der Waals surface area contributed by atoms with Gasteiger partial charge in [0.1, 0.15) is 42.9 Å². The lowest BCUT2D eigenvalue weighted by Crippen LogP contribution is -2.66. The second-order valence-electron chi connectivity index (χ2n) is 21.4. The molecule has 20 heteroatoms. The van der Waals surface area contributed by atoms with E-state index in [1.54, 1.807) is 73.5 Å². The van der Waals surface area contributed by atoms with Gasteiger partial charge in [0.25, 0.3) is 0 Å². The van der Waals surface area contributed by atoms with Crippen molar-refractivity contribution in [2.75, 3.05) is 34.9 Å². The van der Waals surface area contributed by atoms with Crippen LogP contribution in [0, 0.1) is 29.6 Å².